The van der Waals surface area contributed by atoms with E-state index in [-0.39, 0.29) is 17.4 Å². The van der Waals surface area contributed by atoms with Crippen LogP contribution in [-0.4, -0.2) is 28.9 Å². The lowest BCUT2D eigenvalue weighted by molar-refractivity contribution is 0.0159. The fourth-order valence-electron chi connectivity index (χ4n) is 3.12. The predicted molar refractivity (Wildman–Crippen MR) is 104 cm³/mol. The molecule has 1 aliphatic heterocycles. The molecule has 2 aromatic rings. The summed E-state index contributed by atoms with van der Waals surface area (Å²) in [6.45, 7) is 6.43. The molecule has 0 N–H and O–H groups in total. The van der Waals surface area contributed by atoms with Crippen LogP contribution in [0, 0.1) is 0 Å². The Morgan fingerprint density at radius 2 is 1.56 bits per heavy atom. The van der Waals surface area contributed by atoms with E-state index < -0.39 is 5.60 Å². The van der Waals surface area contributed by atoms with E-state index in [9.17, 15) is 4.79 Å². The third-order valence-electron chi connectivity index (χ3n) is 4.15. The Bertz CT molecular complexity index is 697. The predicted octanol–water partition coefficient (Wildman–Crippen LogP) is 5.45. The minimum Gasteiger partial charge on any atom is -0.444 e. The third-order valence-corrected chi connectivity index (χ3v) is 5.46. The molecule has 0 saturated carbocycles. The summed E-state index contributed by atoms with van der Waals surface area (Å²) in [7, 11) is 0. The molecule has 3 nitrogen and oxygen atoms in total. The van der Waals surface area contributed by atoms with Gasteiger partial charge in [0, 0.05) is 12.3 Å². The molecule has 1 aliphatic rings. The van der Waals surface area contributed by atoms with Gasteiger partial charge in [-0.15, -0.1) is 11.8 Å². The zero-order chi connectivity index (χ0) is 17.9. The van der Waals surface area contributed by atoms with Crippen molar-refractivity contribution in [3.63, 3.8) is 0 Å². The van der Waals surface area contributed by atoms with Crippen LogP contribution in [0.1, 0.15) is 43.2 Å². The van der Waals surface area contributed by atoms with Gasteiger partial charge >= 0.3 is 6.09 Å². The van der Waals surface area contributed by atoms with E-state index in [1.807, 2.05) is 61.7 Å². The van der Waals surface area contributed by atoms with E-state index in [1.165, 1.54) is 5.56 Å². The first-order chi connectivity index (χ1) is 12.0. The van der Waals surface area contributed by atoms with Crippen molar-refractivity contribution in [3.8, 4) is 0 Å². The average Bonchev–Trinajstić information content (AvgIpc) is 2.61. The molecule has 132 valence electrons. The zero-order valence-electron chi connectivity index (χ0n) is 15.0. The maximum absolute atomic E-state index is 12.9. The van der Waals surface area contributed by atoms with Crippen molar-refractivity contribution in [1.82, 2.24) is 4.90 Å². The van der Waals surface area contributed by atoms with Gasteiger partial charge in [-0.25, -0.2) is 4.79 Å². The number of nitrogens with zero attached hydrogens (tertiary/aromatic N) is 1. The number of ether oxygens (including phenoxy) is 1. The fraction of sp³-hybridized carbons (Fsp3) is 0.381. The minimum atomic E-state index is -0.495. The second kappa shape index (κ2) is 7.52. The van der Waals surface area contributed by atoms with Crippen LogP contribution in [0.2, 0.25) is 0 Å². The van der Waals surface area contributed by atoms with Gasteiger partial charge < -0.3 is 4.74 Å². The van der Waals surface area contributed by atoms with E-state index >= 15 is 0 Å². The Balaban J connectivity index is 1.97. The third kappa shape index (κ3) is 4.37. The Labute approximate surface area is 154 Å². The molecule has 0 unspecified atom stereocenters. The summed E-state index contributed by atoms with van der Waals surface area (Å²) in [4.78, 5) is 14.8. The van der Waals surface area contributed by atoms with Gasteiger partial charge in [0.15, 0.2) is 0 Å². The molecule has 4 heteroatoms. The van der Waals surface area contributed by atoms with Crippen molar-refractivity contribution >= 4 is 17.9 Å². The highest BCUT2D eigenvalue weighted by Gasteiger charge is 2.38. The number of rotatable bonds is 2. The molecule has 0 radical (unpaired) electrons. The summed E-state index contributed by atoms with van der Waals surface area (Å²) < 4.78 is 5.69. The number of benzene rings is 2. The quantitative estimate of drug-likeness (QED) is 0.717. The van der Waals surface area contributed by atoms with Gasteiger partial charge in [0.05, 0.1) is 11.3 Å². The lowest BCUT2D eigenvalue weighted by atomic mass is 9.96. The normalized spacial score (nSPS) is 21.0. The molecule has 0 bridgehead atoms. The Morgan fingerprint density at radius 1 is 1.00 bits per heavy atom. The van der Waals surface area contributed by atoms with Crippen LogP contribution >= 0.6 is 11.8 Å². The number of carbonyl (C=O) groups excluding carboxylic acids is 1. The van der Waals surface area contributed by atoms with Crippen molar-refractivity contribution < 1.29 is 9.53 Å². The second-order valence-electron chi connectivity index (χ2n) is 7.23. The summed E-state index contributed by atoms with van der Waals surface area (Å²) in [5.41, 5.74) is 1.90. The molecule has 0 aliphatic carbocycles. The molecular formula is C21H25NO2S. The molecule has 3 rings (SSSR count). The molecule has 1 amide bonds. The average molecular weight is 356 g/mol. The van der Waals surface area contributed by atoms with Crippen LogP contribution < -0.4 is 0 Å². The molecule has 2 aromatic carbocycles. The highest BCUT2D eigenvalue weighted by Crippen LogP contribution is 2.47. The largest absolute Gasteiger partial charge is 0.444 e. The molecule has 1 saturated heterocycles. The lowest BCUT2D eigenvalue weighted by Gasteiger charge is -2.41. The topological polar surface area (TPSA) is 29.5 Å². The zero-order valence-corrected chi connectivity index (χ0v) is 15.8. The van der Waals surface area contributed by atoms with Crippen LogP contribution in [0.5, 0.6) is 0 Å². The van der Waals surface area contributed by atoms with Gasteiger partial charge in [-0.05, 0) is 31.9 Å². The molecular weight excluding hydrogens is 330 g/mol. The fourth-order valence-corrected chi connectivity index (χ4v) is 4.52. The van der Waals surface area contributed by atoms with E-state index in [0.29, 0.717) is 6.54 Å². The number of amides is 1. The van der Waals surface area contributed by atoms with Gasteiger partial charge in [0.2, 0.25) is 0 Å². The first kappa shape index (κ1) is 17.9. The van der Waals surface area contributed by atoms with Crippen molar-refractivity contribution in [2.75, 3.05) is 12.3 Å². The van der Waals surface area contributed by atoms with Crippen molar-refractivity contribution in [3.05, 3.63) is 71.8 Å². The van der Waals surface area contributed by atoms with Crippen LogP contribution in [0.3, 0.4) is 0 Å². The Morgan fingerprint density at radius 3 is 2.12 bits per heavy atom. The SMILES string of the molecule is CC(C)(C)OC(=O)N1CCS[C@H](c2ccccc2)[C@@H]1c1ccccc1. The minimum absolute atomic E-state index is 0.0304. The van der Waals surface area contributed by atoms with E-state index in [1.54, 1.807) is 0 Å². The van der Waals surface area contributed by atoms with Crippen LogP contribution in [-0.2, 0) is 4.74 Å². The number of hydrogen-bond donors (Lipinski definition) is 0. The van der Waals surface area contributed by atoms with Gasteiger partial charge in [-0.3, -0.25) is 4.90 Å². The van der Waals surface area contributed by atoms with Gasteiger partial charge in [0.25, 0.3) is 0 Å². The highest BCUT2D eigenvalue weighted by molar-refractivity contribution is 7.99. The lowest BCUT2D eigenvalue weighted by Crippen LogP contribution is -2.44. The second-order valence-corrected chi connectivity index (χ2v) is 8.48. The smallest absolute Gasteiger partial charge is 0.410 e. The van der Waals surface area contributed by atoms with Gasteiger partial charge in [0.1, 0.15) is 5.60 Å². The van der Waals surface area contributed by atoms with Crippen LogP contribution in [0.4, 0.5) is 4.79 Å². The van der Waals surface area contributed by atoms with Crippen molar-refractivity contribution in [1.29, 1.82) is 0 Å². The maximum atomic E-state index is 12.9. The van der Waals surface area contributed by atoms with Crippen LogP contribution in [0.15, 0.2) is 60.7 Å². The van der Waals surface area contributed by atoms with Gasteiger partial charge in [-0.1, -0.05) is 60.7 Å². The molecule has 1 heterocycles. The van der Waals surface area contributed by atoms with E-state index in [2.05, 4.69) is 36.4 Å². The molecule has 0 aromatic heterocycles. The Kier molecular flexibility index (Phi) is 5.38. The van der Waals surface area contributed by atoms with Gasteiger partial charge in [-0.2, -0.15) is 0 Å². The molecule has 2 atom stereocenters. The number of thioether (sulfide) groups is 1. The summed E-state index contributed by atoms with van der Waals surface area (Å²) in [5.74, 6) is 0.905. The monoisotopic (exact) mass is 355 g/mol. The van der Waals surface area contributed by atoms with Crippen molar-refractivity contribution in [2.24, 2.45) is 0 Å². The van der Waals surface area contributed by atoms with E-state index in [4.69, 9.17) is 4.74 Å². The number of hydrogen-bond acceptors (Lipinski definition) is 3. The Hall–Kier alpha value is -1.94. The number of carbonyl (C=O) groups is 1. The summed E-state index contributed by atoms with van der Waals surface area (Å²) in [5, 5.41) is 0.199. The first-order valence-corrected chi connectivity index (χ1v) is 9.72. The first-order valence-electron chi connectivity index (χ1n) is 8.67. The van der Waals surface area contributed by atoms with Crippen molar-refractivity contribution in [2.45, 2.75) is 37.7 Å². The standard InChI is InChI=1S/C21H25NO2S/c1-21(2,3)24-20(23)22-14-15-25-19(17-12-8-5-9-13-17)18(22)16-10-6-4-7-11-16/h4-13,18-19H,14-15H2,1-3H3/t18-,19+/m0/s1. The molecule has 1 fully saturated rings. The van der Waals surface area contributed by atoms with E-state index in [0.717, 1.165) is 11.3 Å². The summed E-state index contributed by atoms with van der Waals surface area (Å²) in [6, 6.07) is 20.7. The molecule has 0 spiro atoms. The van der Waals surface area contributed by atoms with Crippen LogP contribution in [0.25, 0.3) is 0 Å². The summed E-state index contributed by atoms with van der Waals surface area (Å²) in [6.07, 6.45) is -0.234. The maximum Gasteiger partial charge on any atom is 0.410 e. The highest BCUT2D eigenvalue weighted by atomic mass is 32.2. The molecule has 25 heavy (non-hydrogen) atoms. The summed E-state index contributed by atoms with van der Waals surface area (Å²) >= 11 is 1.91.